The van der Waals surface area contributed by atoms with Crippen LogP contribution in [-0.4, -0.2) is 49.7 Å². The highest BCUT2D eigenvalue weighted by molar-refractivity contribution is 7.90. The van der Waals surface area contributed by atoms with Gasteiger partial charge >= 0.3 is 10.2 Å². The molecule has 0 aliphatic carbocycles. The zero-order valence-electron chi connectivity index (χ0n) is 12.0. The van der Waals surface area contributed by atoms with E-state index in [4.69, 9.17) is 0 Å². The molecule has 2 N–H and O–H groups in total. The Balaban J connectivity index is 2.72. The summed E-state index contributed by atoms with van der Waals surface area (Å²) in [6.45, 7) is 3.20. The summed E-state index contributed by atoms with van der Waals surface area (Å²) in [5.41, 5.74) is 1.29. The van der Waals surface area contributed by atoms with E-state index in [0.29, 0.717) is 18.7 Å². The molecule has 0 amide bonds. The van der Waals surface area contributed by atoms with Gasteiger partial charge in [0.1, 0.15) is 0 Å². The van der Waals surface area contributed by atoms with Crippen molar-refractivity contribution in [3.8, 4) is 0 Å². The average Bonchev–Trinajstić information content (AvgIpc) is 2.68. The van der Waals surface area contributed by atoms with Crippen molar-refractivity contribution in [1.29, 1.82) is 0 Å². The van der Waals surface area contributed by atoms with Crippen LogP contribution in [0, 0.1) is 0 Å². The second kappa shape index (κ2) is 6.88. The van der Waals surface area contributed by atoms with Crippen LogP contribution in [0.15, 0.2) is 6.20 Å². The van der Waals surface area contributed by atoms with Gasteiger partial charge in [-0.25, -0.2) is 0 Å². The van der Waals surface area contributed by atoms with Gasteiger partial charge in [-0.2, -0.15) is 17.8 Å². The Morgan fingerprint density at radius 1 is 1.47 bits per heavy atom. The monoisotopic (exact) mass is 289 g/mol. The lowest BCUT2D eigenvalue weighted by molar-refractivity contribution is 0.462. The lowest BCUT2D eigenvalue weighted by Gasteiger charge is -2.17. The molecule has 0 saturated heterocycles. The molecule has 7 nitrogen and oxygen atoms in total. The van der Waals surface area contributed by atoms with Crippen molar-refractivity contribution in [3.05, 3.63) is 11.9 Å². The molecule has 8 heteroatoms. The van der Waals surface area contributed by atoms with Crippen LogP contribution >= 0.6 is 0 Å². The third-order valence-corrected chi connectivity index (χ3v) is 4.27. The second-order valence-corrected chi connectivity index (χ2v) is 6.18. The number of anilines is 1. The average molecular weight is 289 g/mol. The van der Waals surface area contributed by atoms with Gasteiger partial charge < -0.3 is 5.32 Å². The Morgan fingerprint density at radius 2 is 2.16 bits per heavy atom. The molecule has 0 atom stereocenters. The van der Waals surface area contributed by atoms with Crippen molar-refractivity contribution in [2.24, 2.45) is 7.05 Å². The van der Waals surface area contributed by atoms with Crippen molar-refractivity contribution in [1.82, 2.24) is 19.4 Å². The smallest absolute Gasteiger partial charge is 0.301 e. The van der Waals surface area contributed by atoms with E-state index in [9.17, 15) is 8.42 Å². The summed E-state index contributed by atoms with van der Waals surface area (Å²) in [4.78, 5) is 0. The van der Waals surface area contributed by atoms with Crippen molar-refractivity contribution in [3.63, 3.8) is 0 Å². The lowest BCUT2D eigenvalue weighted by atomic mass is 10.3. The number of aromatic nitrogens is 2. The number of aryl methyl sites for hydroxylation is 2. The third-order valence-electron chi connectivity index (χ3n) is 2.79. The first-order valence-corrected chi connectivity index (χ1v) is 7.76. The molecule has 19 heavy (non-hydrogen) atoms. The standard InChI is InChI=1S/C11H23N5O2S/c1-5-10-11(9-15(3)13-10)14-19(17,18)16(4)8-6-7-12-2/h9,12,14H,5-8H2,1-4H3. The van der Waals surface area contributed by atoms with E-state index in [1.54, 1.807) is 25.0 Å². The number of nitrogens with one attached hydrogen (secondary N) is 2. The van der Waals surface area contributed by atoms with Crippen molar-refractivity contribution in [2.75, 3.05) is 31.9 Å². The molecule has 0 bridgehead atoms. The number of hydrogen-bond donors (Lipinski definition) is 2. The fourth-order valence-corrected chi connectivity index (χ4v) is 2.67. The van der Waals surface area contributed by atoms with E-state index in [2.05, 4.69) is 15.1 Å². The zero-order chi connectivity index (χ0) is 14.5. The number of rotatable bonds is 8. The first-order valence-electron chi connectivity index (χ1n) is 6.32. The van der Waals surface area contributed by atoms with Crippen LogP contribution in [0.25, 0.3) is 0 Å². The molecule has 0 aliphatic heterocycles. The summed E-state index contributed by atoms with van der Waals surface area (Å²) in [5.74, 6) is 0. The maximum absolute atomic E-state index is 12.1. The topological polar surface area (TPSA) is 79.3 Å². The number of hydrogen-bond acceptors (Lipinski definition) is 4. The fourth-order valence-electron chi connectivity index (χ4n) is 1.70. The molecular formula is C11H23N5O2S. The summed E-state index contributed by atoms with van der Waals surface area (Å²) in [5, 5.41) is 7.20. The highest BCUT2D eigenvalue weighted by atomic mass is 32.2. The van der Waals surface area contributed by atoms with Gasteiger partial charge in [-0.3, -0.25) is 9.40 Å². The summed E-state index contributed by atoms with van der Waals surface area (Å²) < 4.78 is 29.8. The van der Waals surface area contributed by atoms with Gasteiger partial charge in [-0.05, 0) is 26.4 Å². The largest absolute Gasteiger partial charge is 0.320 e. The van der Waals surface area contributed by atoms with Crippen LogP contribution in [0.3, 0.4) is 0 Å². The van der Waals surface area contributed by atoms with Crippen LogP contribution in [-0.2, 0) is 23.7 Å². The lowest BCUT2D eigenvalue weighted by Crippen LogP contribution is -2.34. The summed E-state index contributed by atoms with van der Waals surface area (Å²) in [6.07, 6.45) is 3.13. The first-order chi connectivity index (χ1) is 8.90. The fraction of sp³-hybridized carbons (Fsp3) is 0.727. The molecule has 0 aliphatic rings. The van der Waals surface area contributed by atoms with E-state index >= 15 is 0 Å². The van der Waals surface area contributed by atoms with Crippen molar-refractivity contribution in [2.45, 2.75) is 19.8 Å². The third kappa shape index (κ3) is 4.48. The Hall–Kier alpha value is -1.12. The maximum atomic E-state index is 12.1. The molecular weight excluding hydrogens is 266 g/mol. The second-order valence-electron chi connectivity index (χ2n) is 4.40. The minimum Gasteiger partial charge on any atom is -0.320 e. The van der Waals surface area contributed by atoms with Crippen LogP contribution in [0.4, 0.5) is 5.69 Å². The molecule has 0 aromatic carbocycles. The Morgan fingerprint density at radius 3 is 2.74 bits per heavy atom. The van der Waals surface area contributed by atoms with E-state index in [0.717, 1.165) is 18.7 Å². The van der Waals surface area contributed by atoms with Gasteiger partial charge in [-0.15, -0.1) is 0 Å². The minimum absolute atomic E-state index is 0.470. The van der Waals surface area contributed by atoms with Gasteiger partial charge in [-0.1, -0.05) is 6.92 Å². The van der Waals surface area contributed by atoms with E-state index in [1.165, 1.54) is 4.31 Å². The first kappa shape index (κ1) is 15.9. The molecule has 1 heterocycles. The maximum Gasteiger partial charge on any atom is 0.301 e. The van der Waals surface area contributed by atoms with E-state index < -0.39 is 10.2 Å². The van der Waals surface area contributed by atoms with Gasteiger partial charge in [0.15, 0.2) is 0 Å². The van der Waals surface area contributed by atoms with Crippen molar-refractivity contribution >= 4 is 15.9 Å². The molecule has 0 saturated carbocycles. The van der Waals surface area contributed by atoms with E-state index in [1.807, 2.05) is 14.0 Å². The predicted octanol–water partition coefficient (Wildman–Crippen LogP) is 0.181. The summed E-state index contributed by atoms with van der Waals surface area (Å²) >= 11 is 0. The quantitative estimate of drug-likeness (QED) is 0.669. The van der Waals surface area contributed by atoms with E-state index in [-0.39, 0.29) is 0 Å². The predicted molar refractivity (Wildman–Crippen MR) is 76.3 cm³/mol. The van der Waals surface area contributed by atoms with Gasteiger partial charge in [0.2, 0.25) is 0 Å². The summed E-state index contributed by atoms with van der Waals surface area (Å²) in [7, 11) is 1.67. The highest BCUT2D eigenvalue weighted by Crippen LogP contribution is 2.16. The van der Waals surface area contributed by atoms with Crippen LogP contribution < -0.4 is 10.0 Å². The number of nitrogens with zero attached hydrogens (tertiary/aromatic N) is 3. The Kier molecular flexibility index (Phi) is 5.77. The minimum atomic E-state index is -3.51. The van der Waals surface area contributed by atoms with Gasteiger partial charge in [0.25, 0.3) is 0 Å². The summed E-state index contributed by atoms with van der Waals surface area (Å²) in [6, 6.07) is 0. The van der Waals surface area contributed by atoms with Gasteiger partial charge in [0, 0.05) is 26.8 Å². The molecule has 0 radical (unpaired) electrons. The molecule has 110 valence electrons. The molecule has 0 unspecified atom stereocenters. The molecule has 0 spiro atoms. The molecule has 0 fully saturated rings. The highest BCUT2D eigenvalue weighted by Gasteiger charge is 2.19. The normalized spacial score (nSPS) is 12.1. The van der Waals surface area contributed by atoms with Crippen LogP contribution in [0.2, 0.25) is 0 Å². The Labute approximate surface area is 115 Å². The van der Waals surface area contributed by atoms with Crippen LogP contribution in [0.1, 0.15) is 19.0 Å². The molecule has 1 rings (SSSR count). The zero-order valence-corrected chi connectivity index (χ0v) is 12.8. The van der Waals surface area contributed by atoms with Crippen LogP contribution in [0.5, 0.6) is 0 Å². The molecule has 1 aromatic rings. The molecule has 1 aromatic heterocycles. The Bertz CT molecular complexity index is 497. The van der Waals surface area contributed by atoms with Gasteiger partial charge in [0.05, 0.1) is 11.4 Å². The van der Waals surface area contributed by atoms with Crippen molar-refractivity contribution < 1.29 is 8.42 Å². The SMILES string of the molecule is CCc1nn(C)cc1NS(=O)(=O)N(C)CCCNC.